The molecule has 0 spiro atoms. The highest BCUT2D eigenvalue weighted by molar-refractivity contribution is 4.96. The van der Waals surface area contributed by atoms with Crippen molar-refractivity contribution in [3.05, 3.63) is 12.7 Å². The second kappa shape index (κ2) is 15.9. The van der Waals surface area contributed by atoms with Crippen LogP contribution in [0.4, 0.5) is 0 Å². The van der Waals surface area contributed by atoms with E-state index in [4.69, 9.17) is 34.8 Å². The normalized spacial score (nSPS) is 14.9. The number of hydrogen-bond acceptors (Lipinski definition) is 7. The summed E-state index contributed by atoms with van der Waals surface area (Å²) in [5.41, 5.74) is 0. The van der Waals surface area contributed by atoms with E-state index in [1.54, 1.807) is 14.2 Å². The van der Waals surface area contributed by atoms with E-state index in [9.17, 15) is 5.11 Å². The van der Waals surface area contributed by atoms with Crippen LogP contribution in [-0.4, -0.2) is 77.7 Å². The van der Waals surface area contributed by atoms with Crippen molar-refractivity contribution in [3.63, 3.8) is 0 Å². The lowest BCUT2D eigenvalue weighted by molar-refractivity contribution is -0.183. The summed E-state index contributed by atoms with van der Waals surface area (Å²) in [5, 5.41) is 10.1. The van der Waals surface area contributed by atoms with Crippen LogP contribution >= 0.6 is 0 Å². The molecule has 0 rings (SSSR count). The van der Waals surface area contributed by atoms with Crippen molar-refractivity contribution in [1.29, 1.82) is 0 Å². The Balaban J connectivity index is 4.35. The number of hydrogen-bond donors (Lipinski definition) is 1. The maximum Gasteiger partial charge on any atom is 0.147 e. The zero-order valence-corrected chi connectivity index (χ0v) is 13.9. The summed E-state index contributed by atoms with van der Waals surface area (Å²) in [7, 11) is 3.16. The number of methoxy groups -OCH3 is 2. The van der Waals surface area contributed by atoms with Gasteiger partial charge < -0.3 is 33.5 Å². The second-order valence-corrected chi connectivity index (χ2v) is 4.51. The highest BCUT2D eigenvalue weighted by Crippen LogP contribution is 2.13. The first kappa shape index (κ1) is 22.0. The van der Waals surface area contributed by atoms with Crippen LogP contribution in [0.25, 0.3) is 0 Å². The molecular formula is C16H28O7. The van der Waals surface area contributed by atoms with Crippen molar-refractivity contribution in [2.45, 2.75) is 24.7 Å². The van der Waals surface area contributed by atoms with E-state index in [2.05, 4.69) is 12.5 Å². The van der Waals surface area contributed by atoms with E-state index < -0.39 is 18.3 Å². The maximum atomic E-state index is 10.1. The predicted octanol–water partition coefficient (Wildman–Crippen LogP) is 0.568. The molecule has 0 unspecified atom stereocenters. The molecule has 0 radical (unpaired) electrons. The van der Waals surface area contributed by atoms with Gasteiger partial charge in [0.25, 0.3) is 0 Å². The number of aliphatic hydroxyl groups excluding tert-OH is 1. The first-order valence-corrected chi connectivity index (χ1v) is 7.31. The minimum absolute atomic E-state index is 0.0200. The second-order valence-electron chi connectivity index (χ2n) is 4.51. The van der Waals surface area contributed by atoms with Gasteiger partial charge in [0.15, 0.2) is 0 Å². The molecule has 0 aromatic rings. The molecule has 134 valence electrons. The van der Waals surface area contributed by atoms with Gasteiger partial charge in [-0.2, -0.15) is 0 Å². The summed E-state index contributed by atoms with van der Waals surface area (Å²) in [6, 6.07) is 0. The fraction of sp³-hybridized carbons (Fsp3) is 0.750. The van der Waals surface area contributed by atoms with Crippen LogP contribution in [0, 0.1) is 12.3 Å². The summed E-state index contributed by atoms with van der Waals surface area (Å²) in [6.45, 7) is 5.40. The quantitative estimate of drug-likeness (QED) is 0.192. The molecule has 0 saturated heterocycles. The van der Waals surface area contributed by atoms with Gasteiger partial charge in [0, 0.05) is 20.6 Å². The van der Waals surface area contributed by atoms with Crippen LogP contribution in [-0.2, 0) is 28.4 Å². The summed E-state index contributed by atoms with van der Waals surface area (Å²) in [5.74, 6) is 2.39. The number of ether oxygens (including phenoxy) is 6. The molecule has 0 saturated carbocycles. The lowest BCUT2D eigenvalue weighted by Gasteiger charge is -2.28. The third kappa shape index (κ3) is 11.2. The Morgan fingerprint density at radius 1 is 1.04 bits per heavy atom. The van der Waals surface area contributed by atoms with Gasteiger partial charge in [0.05, 0.1) is 32.5 Å². The minimum Gasteiger partial charge on any atom is -0.389 e. The van der Waals surface area contributed by atoms with Gasteiger partial charge in [-0.1, -0.05) is 6.08 Å². The Morgan fingerprint density at radius 3 is 2.09 bits per heavy atom. The number of rotatable bonds is 16. The van der Waals surface area contributed by atoms with E-state index >= 15 is 0 Å². The number of aliphatic hydroxyl groups is 1. The van der Waals surface area contributed by atoms with Crippen LogP contribution in [0.2, 0.25) is 0 Å². The summed E-state index contributed by atoms with van der Waals surface area (Å²) in [4.78, 5) is 0. The van der Waals surface area contributed by atoms with E-state index in [1.807, 2.05) is 0 Å². The lowest BCUT2D eigenvalue weighted by atomic mass is 10.1. The molecule has 0 aliphatic carbocycles. The first-order valence-electron chi connectivity index (χ1n) is 7.31. The fourth-order valence-electron chi connectivity index (χ4n) is 1.61. The molecule has 3 atom stereocenters. The summed E-state index contributed by atoms with van der Waals surface area (Å²) < 4.78 is 31.3. The largest absolute Gasteiger partial charge is 0.389 e. The highest BCUT2D eigenvalue weighted by atomic mass is 16.7. The Labute approximate surface area is 138 Å². The Bertz CT molecular complexity index is 316. The van der Waals surface area contributed by atoms with Crippen LogP contribution in [0.15, 0.2) is 12.7 Å². The zero-order chi connectivity index (χ0) is 17.3. The van der Waals surface area contributed by atoms with Crippen LogP contribution in [0.5, 0.6) is 0 Å². The summed E-state index contributed by atoms with van der Waals surface area (Å²) in [6.07, 6.45) is 4.68. The topological polar surface area (TPSA) is 75.6 Å². The lowest BCUT2D eigenvalue weighted by Crippen LogP contribution is -2.41. The monoisotopic (exact) mass is 332 g/mol. The van der Waals surface area contributed by atoms with Crippen molar-refractivity contribution in [2.24, 2.45) is 0 Å². The smallest absolute Gasteiger partial charge is 0.147 e. The van der Waals surface area contributed by atoms with Crippen molar-refractivity contribution in [2.75, 3.05) is 54.2 Å². The highest BCUT2D eigenvalue weighted by Gasteiger charge is 2.28. The fourth-order valence-corrected chi connectivity index (χ4v) is 1.61. The van der Waals surface area contributed by atoms with E-state index in [-0.39, 0.29) is 20.0 Å². The van der Waals surface area contributed by atoms with Gasteiger partial charge in [-0.05, 0) is 0 Å². The van der Waals surface area contributed by atoms with Crippen molar-refractivity contribution < 1.29 is 33.5 Å². The molecule has 0 aromatic heterocycles. The molecule has 0 aliphatic rings. The van der Waals surface area contributed by atoms with E-state index in [1.165, 1.54) is 6.08 Å². The van der Waals surface area contributed by atoms with Crippen molar-refractivity contribution >= 4 is 0 Å². The molecular weight excluding hydrogens is 304 g/mol. The molecule has 0 amide bonds. The molecule has 1 N–H and O–H groups in total. The van der Waals surface area contributed by atoms with Gasteiger partial charge in [-0.15, -0.1) is 18.9 Å². The molecule has 0 aliphatic heterocycles. The van der Waals surface area contributed by atoms with Crippen LogP contribution in [0.3, 0.4) is 0 Å². The third-order valence-corrected chi connectivity index (χ3v) is 2.81. The molecule has 0 heterocycles. The van der Waals surface area contributed by atoms with Gasteiger partial charge in [-0.25, -0.2) is 0 Å². The predicted molar refractivity (Wildman–Crippen MR) is 84.8 cm³/mol. The van der Waals surface area contributed by atoms with E-state index in [0.29, 0.717) is 26.4 Å². The maximum absolute atomic E-state index is 10.1. The molecule has 0 bridgehead atoms. The Kier molecular flexibility index (Phi) is 15.2. The van der Waals surface area contributed by atoms with Crippen LogP contribution < -0.4 is 0 Å². The summed E-state index contributed by atoms with van der Waals surface area (Å²) >= 11 is 0. The van der Waals surface area contributed by atoms with Gasteiger partial charge in [0.1, 0.15) is 25.8 Å². The Hall–Kier alpha value is -0.980. The van der Waals surface area contributed by atoms with Gasteiger partial charge in [0.2, 0.25) is 0 Å². The molecule has 7 heteroatoms. The van der Waals surface area contributed by atoms with Crippen molar-refractivity contribution in [1.82, 2.24) is 0 Å². The van der Waals surface area contributed by atoms with Gasteiger partial charge in [-0.3, -0.25) is 0 Å². The average molecular weight is 332 g/mol. The molecule has 7 nitrogen and oxygen atoms in total. The van der Waals surface area contributed by atoms with Gasteiger partial charge >= 0.3 is 0 Å². The standard InChI is InChI=1S/C16H28O7/c1-5-7-14(17)16(23-13-21-11-9-19-4)15(6-2)22-12-20-10-8-18-3/h1,6,14-17H,2,7-13H2,3-4H3/t14-,15-,16-/m1/s1. The number of terminal acetylenes is 1. The van der Waals surface area contributed by atoms with E-state index in [0.717, 1.165) is 0 Å². The molecule has 0 fully saturated rings. The minimum atomic E-state index is -0.909. The third-order valence-electron chi connectivity index (χ3n) is 2.81. The molecule has 23 heavy (non-hydrogen) atoms. The Morgan fingerprint density at radius 2 is 1.61 bits per heavy atom. The molecule has 0 aromatic carbocycles. The SMILES string of the molecule is C#CC[C@@H](O)[C@@H](OCOCCOC)[C@@H](C=C)OCOCCOC. The first-order chi connectivity index (χ1) is 11.2. The zero-order valence-electron chi connectivity index (χ0n) is 13.9. The van der Waals surface area contributed by atoms with Crippen molar-refractivity contribution in [3.8, 4) is 12.3 Å². The van der Waals surface area contributed by atoms with Crippen LogP contribution in [0.1, 0.15) is 6.42 Å². The average Bonchev–Trinajstić information content (AvgIpc) is 2.55.